The molecule has 0 aromatic carbocycles. The van der Waals surface area contributed by atoms with E-state index >= 15 is 0 Å². The second-order valence-corrected chi connectivity index (χ2v) is 5.31. The van der Waals surface area contributed by atoms with Gasteiger partial charge in [-0.2, -0.15) is 0 Å². The highest BCUT2D eigenvalue weighted by Gasteiger charge is 2.35. The molecule has 0 saturated carbocycles. The third kappa shape index (κ3) is 3.19. The molecule has 0 spiro atoms. The van der Waals surface area contributed by atoms with Crippen molar-refractivity contribution in [3.8, 4) is 0 Å². The van der Waals surface area contributed by atoms with Gasteiger partial charge in [0.1, 0.15) is 0 Å². The number of rotatable bonds is 5. The molecular formula is C13H25N3O. The van der Waals surface area contributed by atoms with E-state index in [1.807, 2.05) is 0 Å². The molecular weight excluding hydrogens is 214 g/mol. The number of fused-ring (bicyclic) bond motifs is 2. The zero-order valence-corrected chi connectivity index (χ0v) is 11.0. The monoisotopic (exact) mass is 239 g/mol. The Morgan fingerprint density at radius 3 is 2.53 bits per heavy atom. The van der Waals surface area contributed by atoms with Gasteiger partial charge in [0, 0.05) is 38.1 Å². The Morgan fingerprint density at radius 2 is 2.00 bits per heavy atom. The van der Waals surface area contributed by atoms with Crippen LogP contribution in [0.4, 0.5) is 0 Å². The van der Waals surface area contributed by atoms with E-state index in [1.54, 1.807) is 7.05 Å². The average Bonchev–Trinajstić information content (AvgIpc) is 2.69. The molecule has 2 aliphatic rings. The minimum atomic E-state index is 0.153. The summed E-state index contributed by atoms with van der Waals surface area (Å²) in [6, 6.07) is 2.14. The molecule has 0 aromatic heterocycles. The molecule has 2 saturated heterocycles. The molecule has 1 amide bonds. The van der Waals surface area contributed by atoms with Crippen LogP contribution in [-0.4, -0.2) is 49.1 Å². The fourth-order valence-electron chi connectivity index (χ4n) is 3.29. The van der Waals surface area contributed by atoms with Gasteiger partial charge in [-0.25, -0.2) is 0 Å². The predicted molar refractivity (Wildman–Crippen MR) is 68.9 cm³/mol. The summed E-state index contributed by atoms with van der Waals surface area (Å²) in [6.45, 7) is 4.16. The lowest BCUT2D eigenvalue weighted by molar-refractivity contribution is -0.121. The first-order chi connectivity index (χ1) is 8.22. The van der Waals surface area contributed by atoms with Crippen molar-refractivity contribution in [2.24, 2.45) is 0 Å². The highest BCUT2D eigenvalue weighted by molar-refractivity contribution is 5.75. The number of nitrogens with one attached hydrogen (secondary N) is 2. The van der Waals surface area contributed by atoms with Crippen molar-refractivity contribution >= 4 is 5.91 Å². The topological polar surface area (TPSA) is 44.4 Å². The molecule has 17 heavy (non-hydrogen) atoms. The lowest BCUT2D eigenvalue weighted by Gasteiger charge is -2.37. The first-order valence-electron chi connectivity index (χ1n) is 6.93. The molecule has 4 nitrogen and oxygen atoms in total. The lowest BCUT2D eigenvalue weighted by atomic mass is 9.98. The standard InChI is InChI=1S/C13H25N3O/c1-3-16(7-6-13(17)14-2)12-8-10-4-5-11(9-12)15-10/h10-12,15H,3-9H2,1-2H3,(H,14,17). The van der Waals surface area contributed by atoms with Gasteiger partial charge in [0.2, 0.25) is 5.91 Å². The lowest BCUT2D eigenvalue weighted by Crippen LogP contribution is -2.48. The van der Waals surface area contributed by atoms with Crippen LogP contribution in [0.2, 0.25) is 0 Å². The van der Waals surface area contributed by atoms with E-state index in [0.29, 0.717) is 12.5 Å². The molecule has 2 fully saturated rings. The maximum Gasteiger partial charge on any atom is 0.221 e. The fraction of sp³-hybridized carbons (Fsp3) is 0.923. The normalized spacial score (nSPS) is 31.8. The predicted octanol–water partition coefficient (Wildman–Crippen LogP) is 0.727. The van der Waals surface area contributed by atoms with Crippen molar-refractivity contribution in [2.45, 2.75) is 57.2 Å². The number of carbonyl (C=O) groups is 1. The van der Waals surface area contributed by atoms with Crippen LogP contribution in [0.5, 0.6) is 0 Å². The van der Waals surface area contributed by atoms with Gasteiger partial charge in [0.15, 0.2) is 0 Å². The summed E-state index contributed by atoms with van der Waals surface area (Å²) in [6.07, 6.45) is 5.84. The average molecular weight is 239 g/mol. The molecule has 2 atom stereocenters. The third-order valence-corrected chi connectivity index (χ3v) is 4.28. The van der Waals surface area contributed by atoms with Gasteiger partial charge in [0.25, 0.3) is 0 Å². The maximum absolute atomic E-state index is 11.3. The van der Waals surface area contributed by atoms with E-state index < -0.39 is 0 Å². The van der Waals surface area contributed by atoms with Gasteiger partial charge < -0.3 is 15.5 Å². The SMILES string of the molecule is CCN(CCC(=O)NC)C1CC2CCC(C1)N2. The summed E-state index contributed by atoms with van der Waals surface area (Å²) in [5.41, 5.74) is 0. The Bertz CT molecular complexity index is 257. The Kier molecular flexibility index (Phi) is 4.40. The number of carbonyl (C=O) groups excluding carboxylic acids is 1. The van der Waals surface area contributed by atoms with Gasteiger partial charge in [0.05, 0.1) is 0 Å². The van der Waals surface area contributed by atoms with Crippen molar-refractivity contribution < 1.29 is 4.79 Å². The van der Waals surface area contributed by atoms with Crippen LogP contribution >= 0.6 is 0 Å². The molecule has 2 rings (SSSR count). The molecule has 0 aromatic rings. The minimum absolute atomic E-state index is 0.153. The third-order valence-electron chi connectivity index (χ3n) is 4.28. The molecule has 2 unspecified atom stereocenters. The van der Waals surface area contributed by atoms with Crippen LogP contribution in [-0.2, 0) is 4.79 Å². The van der Waals surface area contributed by atoms with Crippen molar-refractivity contribution in [1.29, 1.82) is 0 Å². The number of hydrogen-bond donors (Lipinski definition) is 2. The van der Waals surface area contributed by atoms with Crippen LogP contribution < -0.4 is 10.6 Å². The smallest absolute Gasteiger partial charge is 0.221 e. The molecule has 0 radical (unpaired) electrons. The van der Waals surface area contributed by atoms with E-state index in [0.717, 1.165) is 25.2 Å². The maximum atomic E-state index is 11.3. The van der Waals surface area contributed by atoms with Gasteiger partial charge in [-0.05, 0) is 32.2 Å². The van der Waals surface area contributed by atoms with Crippen LogP contribution in [0, 0.1) is 0 Å². The van der Waals surface area contributed by atoms with Crippen molar-refractivity contribution in [3.05, 3.63) is 0 Å². The summed E-state index contributed by atoms with van der Waals surface area (Å²) >= 11 is 0. The number of nitrogens with zero attached hydrogens (tertiary/aromatic N) is 1. The number of hydrogen-bond acceptors (Lipinski definition) is 3. The van der Waals surface area contributed by atoms with Gasteiger partial charge in [-0.1, -0.05) is 6.92 Å². The Hall–Kier alpha value is -0.610. The molecule has 4 heteroatoms. The van der Waals surface area contributed by atoms with Gasteiger partial charge in [-0.3, -0.25) is 4.79 Å². The molecule has 98 valence electrons. The zero-order valence-electron chi connectivity index (χ0n) is 11.0. The zero-order chi connectivity index (χ0) is 12.3. The first-order valence-corrected chi connectivity index (χ1v) is 6.93. The summed E-state index contributed by atoms with van der Waals surface area (Å²) in [5, 5.41) is 6.37. The second kappa shape index (κ2) is 5.83. The summed E-state index contributed by atoms with van der Waals surface area (Å²) in [7, 11) is 1.71. The quantitative estimate of drug-likeness (QED) is 0.743. The summed E-state index contributed by atoms with van der Waals surface area (Å²) in [4.78, 5) is 13.8. The van der Waals surface area contributed by atoms with E-state index in [1.165, 1.54) is 25.7 Å². The molecule has 2 heterocycles. The molecule has 0 aliphatic carbocycles. The Labute approximate surface area is 104 Å². The largest absolute Gasteiger partial charge is 0.359 e. The van der Waals surface area contributed by atoms with E-state index in [-0.39, 0.29) is 5.91 Å². The molecule has 2 N–H and O–H groups in total. The Balaban J connectivity index is 1.83. The van der Waals surface area contributed by atoms with E-state index in [4.69, 9.17) is 0 Å². The van der Waals surface area contributed by atoms with Crippen molar-refractivity contribution in [2.75, 3.05) is 20.1 Å². The summed E-state index contributed by atoms with van der Waals surface area (Å²) in [5.74, 6) is 0.153. The van der Waals surface area contributed by atoms with Crippen molar-refractivity contribution in [1.82, 2.24) is 15.5 Å². The fourth-order valence-corrected chi connectivity index (χ4v) is 3.29. The Morgan fingerprint density at radius 1 is 1.35 bits per heavy atom. The number of piperidine rings is 1. The van der Waals surface area contributed by atoms with E-state index in [9.17, 15) is 4.79 Å². The number of amides is 1. The highest BCUT2D eigenvalue weighted by atomic mass is 16.1. The van der Waals surface area contributed by atoms with E-state index in [2.05, 4.69) is 22.5 Å². The molecule has 2 bridgehead atoms. The second-order valence-electron chi connectivity index (χ2n) is 5.31. The highest BCUT2D eigenvalue weighted by Crippen LogP contribution is 2.29. The first kappa shape index (κ1) is 12.8. The van der Waals surface area contributed by atoms with Crippen LogP contribution in [0.3, 0.4) is 0 Å². The van der Waals surface area contributed by atoms with Gasteiger partial charge >= 0.3 is 0 Å². The summed E-state index contributed by atoms with van der Waals surface area (Å²) < 4.78 is 0. The minimum Gasteiger partial charge on any atom is -0.359 e. The van der Waals surface area contributed by atoms with Crippen LogP contribution in [0.1, 0.15) is 39.0 Å². The van der Waals surface area contributed by atoms with Gasteiger partial charge in [-0.15, -0.1) is 0 Å². The van der Waals surface area contributed by atoms with Crippen LogP contribution in [0.15, 0.2) is 0 Å². The molecule has 2 aliphatic heterocycles. The van der Waals surface area contributed by atoms with Crippen LogP contribution in [0.25, 0.3) is 0 Å². The van der Waals surface area contributed by atoms with Crippen molar-refractivity contribution in [3.63, 3.8) is 0 Å².